The number of carbonyl (C=O) groups excluding carboxylic acids is 1. The maximum absolute atomic E-state index is 12.5. The Morgan fingerprint density at radius 2 is 1.89 bits per heavy atom. The van der Waals surface area contributed by atoms with Gasteiger partial charge in [0.25, 0.3) is 0 Å². The Morgan fingerprint density at radius 3 is 2.37 bits per heavy atom. The van der Waals surface area contributed by atoms with Gasteiger partial charge in [-0.3, -0.25) is 4.79 Å². The number of ether oxygens (including phenoxy) is 1. The van der Waals surface area contributed by atoms with Crippen LogP contribution >= 0.6 is 0 Å². The average Bonchev–Trinajstić information content (AvgIpc) is 3.14. The van der Waals surface area contributed by atoms with Gasteiger partial charge in [0.1, 0.15) is 5.75 Å². The Bertz CT molecular complexity index is 450. The van der Waals surface area contributed by atoms with Crippen molar-refractivity contribution in [2.75, 3.05) is 20.2 Å². The van der Waals surface area contributed by atoms with Gasteiger partial charge in [-0.1, -0.05) is 19.1 Å². The molecule has 104 valence electrons. The van der Waals surface area contributed by atoms with Crippen LogP contribution in [0.1, 0.15) is 38.7 Å². The number of hydrogen-bond acceptors (Lipinski definition) is 2. The van der Waals surface area contributed by atoms with E-state index in [1.54, 1.807) is 7.11 Å². The van der Waals surface area contributed by atoms with E-state index in [4.69, 9.17) is 4.74 Å². The molecule has 0 aromatic heterocycles. The summed E-state index contributed by atoms with van der Waals surface area (Å²) < 4.78 is 5.17. The molecule has 1 aromatic carbocycles. The van der Waals surface area contributed by atoms with Crippen molar-refractivity contribution in [3.05, 3.63) is 29.8 Å². The second-order valence-corrected chi connectivity index (χ2v) is 5.42. The van der Waals surface area contributed by atoms with E-state index in [9.17, 15) is 4.79 Å². The van der Waals surface area contributed by atoms with Gasteiger partial charge in [-0.25, -0.2) is 0 Å². The second-order valence-electron chi connectivity index (χ2n) is 5.42. The lowest BCUT2D eigenvalue weighted by atomic mass is 9.99. The van der Waals surface area contributed by atoms with Crippen molar-refractivity contribution < 1.29 is 9.53 Å². The Balaban J connectivity index is 2.11. The summed E-state index contributed by atoms with van der Waals surface area (Å²) in [7, 11) is 1.67. The minimum atomic E-state index is -0.208. The molecule has 0 spiro atoms. The molecule has 0 aliphatic heterocycles. The molecule has 2 rings (SSSR count). The van der Waals surface area contributed by atoms with E-state index in [2.05, 4.69) is 19.1 Å². The van der Waals surface area contributed by atoms with Gasteiger partial charge in [0.05, 0.1) is 12.5 Å². The Morgan fingerprint density at radius 1 is 1.32 bits per heavy atom. The first-order valence-electron chi connectivity index (χ1n) is 7.00. The SMILES string of the molecule is CCN(CC)C(=O)[C@@]1(C)C[C@H]1c1ccc(OC)cc1. The number of carbonyl (C=O) groups is 1. The monoisotopic (exact) mass is 261 g/mol. The molecule has 0 radical (unpaired) electrons. The molecule has 1 aliphatic rings. The molecular weight excluding hydrogens is 238 g/mol. The topological polar surface area (TPSA) is 29.5 Å². The summed E-state index contributed by atoms with van der Waals surface area (Å²) in [5.74, 6) is 1.51. The summed E-state index contributed by atoms with van der Waals surface area (Å²) in [6.07, 6.45) is 0.953. The number of benzene rings is 1. The molecular formula is C16H23NO2. The first-order valence-corrected chi connectivity index (χ1v) is 7.00. The van der Waals surface area contributed by atoms with E-state index in [1.165, 1.54) is 5.56 Å². The third-order valence-electron chi connectivity index (χ3n) is 4.29. The van der Waals surface area contributed by atoms with Crippen LogP contribution in [-0.2, 0) is 4.79 Å². The van der Waals surface area contributed by atoms with Crippen molar-refractivity contribution in [1.29, 1.82) is 0 Å². The number of nitrogens with zero attached hydrogens (tertiary/aromatic N) is 1. The molecule has 2 atom stereocenters. The van der Waals surface area contributed by atoms with Gasteiger partial charge in [0.15, 0.2) is 0 Å². The lowest BCUT2D eigenvalue weighted by molar-refractivity contribution is -0.136. The van der Waals surface area contributed by atoms with Crippen LogP contribution in [-0.4, -0.2) is 31.0 Å². The van der Waals surface area contributed by atoms with Crippen molar-refractivity contribution in [2.45, 2.75) is 33.1 Å². The molecule has 0 N–H and O–H groups in total. The van der Waals surface area contributed by atoms with Crippen LogP contribution in [0.5, 0.6) is 5.75 Å². The number of methoxy groups -OCH3 is 1. The fourth-order valence-electron chi connectivity index (χ4n) is 2.80. The van der Waals surface area contributed by atoms with Crippen LogP contribution in [0.25, 0.3) is 0 Å². The van der Waals surface area contributed by atoms with Gasteiger partial charge >= 0.3 is 0 Å². The normalized spacial score (nSPS) is 24.9. The van der Waals surface area contributed by atoms with Crippen molar-refractivity contribution in [3.8, 4) is 5.75 Å². The van der Waals surface area contributed by atoms with Crippen molar-refractivity contribution in [3.63, 3.8) is 0 Å². The number of amides is 1. The fourth-order valence-corrected chi connectivity index (χ4v) is 2.80. The van der Waals surface area contributed by atoms with Crippen molar-refractivity contribution in [1.82, 2.24) is 4.90 Å². The van der Waals surface area contributed by atoms with E-state index in [0.29, 0.717) is 11.8 Å². The standard InChI is InChI=1S/C16H23NO2/c1-5-17(6-2)15(18)16(3)11-14(16)12-7-9-13(19-4)10-8-12/h7-10,14H,5-6,11H2,1-4H3/t14-,16-/m0/s1. The summed E-state index contributed by atoms with van der Waals surface area (Å²) >= 11 is 0. The Kier molecular flexibility index (Phi) is 3.83. The van der Waals surface area contributed by atoms with Gasteiger partial charge < -0.3 is 9.64 Å². The van der Waals surface area contributed by atoms with E-state index in [1.807, 2.05) is 30.9 Å². The smallest absolute Gasteiger partial charge is 0.229 e. The summed E-state index contributed by atoms with van der Waals surface area (Å²) in [5, 5.41) is 0. The minimum Gasteiger partial charge on any atom is -0.497 e. The van der Waals surface area contributed by atoms with Gasteiger partial charge in [-0.05, 0) is 43.9 Å². The molecule has 1 amide bonds. The van der Waals surface area contributed by atoms with Crippen LogP contribution in [0.15, 0.2) is 24.3 Å². The third kappa shape index (κ3) is 2.46. The molecule has 3 nitrogen and oxygen atoms in total. The van der Waals surface area contributed by atoms with E-state index in [-0.39, 0.29) is 5.41 Å². The predicted molar refractivity (Wildman–Crippen MR) is 76.4 cm³/mol. The highest BCUT2D eigenvalue weighted by Crippen LogP contribution is 2.60. The molecule has 1 saturated carbocycles. The van der Waals surface area contributed by atoms with Gasteiger partial charge in [0.2, 0.25) is 5.91 Å². The van der Waals surface area contributed by atoms with Crippen LogP contribution in [0, 0.1) is 5.41 Å². The maximum Gasteiger partial charge on any atom is 0.229 e. The first-order chi connectivity index (χ1) is 9.06. The van der Waals surface area contributed by atoms with Gasteiger partial charge in [0, 0.05) is 13.1 Å². The Labute approximate surface area is 115 Å². The summed E-state index contributed by atoms with van der Waals surface area (Å²) in [5.41, 5.74) is 1.03. The van der Waals surface area contributed by atoms with Gasteiger partial charge in [-0.15, -0.1) is 0 Å². The zero-order valence-corrected chi connectivity index (χ0v) is 12.3. The zero-order valence-electron chi connectivity index (χ0n) is 12.3. The first kappa shape index (κ1) is 13.9. The third-order valence-corrected chi connectivity index (χ3v) is 4.29. The highest BCUT2D eigenvalue weighted by atomic mass is 16.5. The summed E-state index contributed by atoms with van der Waals surface area (Å²) in [4.78, 5) is 14.4. The summed E-state index contributed by atoms with van der Waals surface area (Å²) in [6.45, 7) is 7.74. The molecule has 0 saturated heterocycles. The fraction of sp³-hybridized carbons (Fsp3) is 0.562. The second kappa shape index (κ2) is 5.24. The zero-order chi connectivity index (χ0) is 14.0. The van der Waals surface area contributed by atoms with E-state index < -0.39 is 0 Å². The van der Waals surface area contributed by atoms with Crippen LogP contribution in [0.4, 0.5) is 0 Å². The molecule has 0 heterocycles. The Hall–Kier alpha value is -1.51. The van der Waals surface area contributed by atoms with Crippen LogP contribution in [0.3, 0.4) is 0 Å². The van der Waals surface area contributed by atoms with E-state index in [0.717, 1.165) is 25.3 Å². The molecule has 1 fully saturated rings. The van der Waals surface area contributed by atoms with E-state index >= 15 is 0 Å². The number of rotatable bonds is 5. The highest BCUT2D eigenvalue weighted by molar-refractivity contribution is 5.87. The molecule has 1 aromatic rings. The molecule has 0 unspecified atom stereocenters. The predicted octanol–water partition coefficient (Wildman–Crippen LogP) is 3.06. The highest BCUT2D eigenvalue weighted by Gasteiger charge is 2.57. The molecule has 1 aliphatic carbocycles. The van der Waals surface area contributed by atoms with Gasteiger partial charge in [-0.2, -0.15) is 0 Å². The molecule has 19 heavy (non-hydrogen) atoms. The average molecular weight is 261 g/mol. The number of hydrogen-bond donors (Lipinski definition) is 0. The maximum atomic E-state index is 12.5. The lowest BCUT2D eigenvalue weighted by Crippen LogP contribution is -2.36. The lowest BCUT2D eigenvalue weighted by Gasteiger charge is -2.23. The van der Waals surface area contributed by atoms with Crippen LogP contribution < -0.4 is 4.74 Å². The van der Waals surface area contributed by atoms with Crippen molar-refractivity contribution in [2.24, 2.45) is 5.41 Å². The summed E-state index contributed by atoms with van der Waals surface area (Å²) in [6, 6.07) is 8.08. The molecule has 3 heteroatoms. The van der Waals surface area contributed by atoms with Crippen molar-refractivity contribution >= 4 is 5.91 Å². The quantitative estimate of drug-likeness (QED) is 0.815. The van der Waals surface area contributed by atoms with Crippen LogP contribution in [0.2, 0.25) is 0 Å². The minimum absolute atomic E-state index is 0.208. The molecule has 0 bridgehead atoms. The largest absolute Gasteiger partial charge is 0.497 e.